The minimum atomic E-state index is -4.66. The highest BCUT2D eigenvalue weighted by molar-refractivity contribution is 5.44. The lowest BCUT2D eigenvalue weighted by Gasteiger charge is -2.13. The van der Waals surface area contributed by atoms with Gasteiger partial charge in [-0.3, -0.25) is 0 Å². The Morgan fingerprint density at radius 1 is 1.22 bits per heavy atom. The summed E-state index contributed by atoms with van der Waals surface area (Å²) in [5.41, 5.74) is -1.38. The first kappa shape index (κ1) is 16.8. The highest BCUT2D eigenvalue weighted by Crippen LogP contribution is 2.35. The van der Waals surface area contributed by atoms with Crippen molar-refractivity contribution in [3.8, 4) is 17.6 Å². The smallest absolute Gasteiger partial charge is 0.416 e. The summed E-state index contributed by atoms with van der Waals surface area (Å²) in [7, 11) is 0. The van der Waals surface area contributed by atoms with Crippen LogP contribution >= 0.6 is 0 Å². The van der Waals surface area contributed by atoms with E-state index in [1.807, 2.05) is 0 Å². The van der Waals surface area contributed by atoms with Crippen LogP contribution in [0.4, 0.5) is 17.6 Å². The van der Waals surface area contributed by atoms with Crippen molar-refractivity contribution in [3.63, 3.8) is 0 Å². The van der Waals surface area contributed by atoms with Crippen molar-refractivity contribution < 1.29 is 27.4 Å². The second kappa shape index (κ2) is 6.26. The zero-order valence-electron chi connectivity index (χ0n) is 11.9. The summed E-state index contributed by atoms with van der Waals surface area (Å²) in [5, 5.41) is 18.3. The van der Waals surface area contributed by atoms with Crippen LogP contribution in [0.25, 0.3) is 0 Å². The van der Waals surface area contributed by atoms with Gasteiger partial charge in [-0.05, 0) is 31.2 Å². The van der Waals surface area contributed by atoms with Crippen molar-refractivity contribution in [1.29, 1.82) is 5.26 Å². The van der Waals surface area contributed by atoms with E-state index >= 15 is 0 Å². The molecule has 23 heavy (non-hydrogen) atoms. The van der Waals surface area contributed by atoms with E-state index in [0.29, 0.717) is 12.1 Å². The Morgan fingerprint density at radius 3 is 2.48 bits per heavy atom. The maximum Gasteiger partial charge on any atom is 0.416 e. The first-order valence-electron chi connectivity index (χ1n) is 6.49. The largest absolute Gasteiger partial charge is 0.454 e. The molecule has 0 aromatic heterocycles. The molecule has 0 aliphatic rings. The molecule has 7 heteroatoms. The molecule has 0 aliphatic heterocycles. The third kappa shape index (κ3) is 3.79. The number of benzene rings is 2. The van der Waals surface area contributed by atoms with Crippen LogP contribution in [0.2, 0.25) is 0 Å². The van der Waals surface area contributed by atoms with Gasteiger partial charge in [0.1, 0.15) is 5.75 Å². The van der Waals surface area contributed by atoms with E-state index in [4.69, 9.17) is 10.00 Å². The minimum Gasteiger partial charge on any atom is -0.454 e. The predicted octanol–water partition coefficient (Wildman–Crippen LogP) is 4.56. The van der Waals surface area contributed by atoms with E-state index < -0.39 is 23.7 Å². The Hall–Kier alpha value is -2.59. The number of hydrogen-bond donors (Lipinski definition) is 1. The number of nitriles is 1. The van der Waals surface area contributed by atoms with Gasteiger partial charge in [0.25, 0.3) is 0 Å². The number of hydrogen-bond acceptors (Lipinski definition) is 3. The molecule has 2 rings (SSSR count). The van der Waals surface area contributed by atoms with Gasteiger partial charge in [0, 0.05) is 5.56 Å². The third-order valence-electron chi connectivity index (χ3n) is 3.03. The van der Waals surface area contributed by atoms with Crippen LogP contribution in [0.15, 0.2) is 36.4 Å². The van der Waals surface area contributed by atoms with Crippen molar-refractivity contribution in [2.75, 3.05) is 0 Å². The Kier molecular flexibility index (Phi) is 4.57. The zero-order valence-corrected chi connectivity index (χ0v) is 11.9. The average Bonchev–Trinajstić information content (AvgIpc) is 2.47. The van der Waals surface area contributed by atoms with Gasteiger partial charge in [-0.15, -0.1) is 0 Å². The predicted molar refractivity (Wildman–Crippen MR) is 73.3 cm³/mol. The summed E-state index contributed by atoms with van der Waals surface area (Å²) in [6, 6.07) is 7.97. The van der Waals surface area contributed by atoms with Gasteiger partial charge < -0.3 is 9.84 Å². The Bertz CT molecular complexity index is 764. The number of ether oxygens (including phenoxy) is 1. The van der Waals surface area contributed by atoms with Crippen LogP contribution in [0, 0.1) is 17.1 Å². The molecule has 2 aromatic carbocycles. The maximum absolute atomic E-state index is 14.2. The molecule has 1 N–H and O–H groups in total. The Balaban J connectivity index is 2.45. The van der Waals surface area contributed by atoms with Crippen molar-refractivity contribution in [1.82, 2.24) is 0 Å². The third-order valence-corrected chi connectivity index (χ3v) is 3.03. The highest BCUT2D eigenvalue weighted by Gasteiger charge is 2.31. The first-order valence-corrected chi connectivity index (χ1v) is 6.49. The monoisotopic (exact) mass is 325 g/mol. The summed E-state index contributed by atoms with van der Waals surface area (Å²) < 4.78 is 57.7. The van der Waals surface area contributed by atoms with Gasteiger partial charge in [-0.2, -0.15) is 18.4 Å². The fourth-order valence-corrected chi connectivity index (χ4v) is 1.94. The molecule has 0 heterocycles. The summed E-state index contributed by atoms with van der Waals surface area (Å²) in [4.78, 5) is 0. The molecule has 0 aliphatic carbocycles. The fourth-order valence-electron chi connectivity index (χ4n) is 1.94. The normalized spacial score (nSPS) is 12.6. The van der Waals surface area contributed by atoms with Crippen LogP contribution in [-0.4, -0.2) is 5.11 Å². The molecule has 2 aromatic rings. The minimum absolute atomic E-state index is 0.0463. The lowest BCUT2D eigenvalue weighted by atomic mass is 10.1. The second-order valence-electron chi connectivity index (χ2n) is 4.79. The molecule has 0 bridgehead atoms. The lowest BCUT2D eigenvalue weighted by molar-refractivity contribution is -0.137. The standard InChI is InChI=1S/C16H11F4NO2/c1-9(22)13-3-2-4-14(15(13)17)23-12-6-10(8-21)5-11(7-12)16(18,19)20/h2-7,9,22H,1H3. The van der Waals surface area contributed by atoms with Crippen molar-refractivity contribution in [2.24, 2.45) is 0 Å². The van der Waals surface area contributed by atoms with Crippen LogP contribution in [-0.2, 0) is 6.18 Å². The zero-order chi connectivity index (χ0) is 17.2. The number of nitrogens with zero attached hydrogens (tertiary/aromatic N) is 1. The lowest BCUT2D eigenvalue weighted by Crippen LogP contribution is -2.06. The van der Waals surface area contributed by atoms with E-state index in [0.717, 1.165) is 6.07 Å². The summed E-state index contributed by atoms with van der Waals surface area (Å²) >= 11 is 0. The summed E-state index contributed by atoms with van der Waals surface area (Å²) in [5.74, 6) is -1.54. The molecule has 1 unspecified atom stereocenters. The molecule has 0 radical (unpaired) electrons. The van der Waals surface area contributed by atoms with Crippen LogP contribution < -0.4 is 4.74 Å². The second-order valence-corrected chi connectivity index (χ2v) is 4.79. The van der Waals surface area contributed by atoms with Crippen molar-refractivity contribution >= 4 is 0 Å². The number of alkyl halides is 3. The molecule has 0 saturated carbocycles. The Labute approximate surface area is 129 Å². The molecule has 120 valence electrons. The molecule has 0 fully saturated rings. The molecular weight excluding hydrogens is 314 g/mol. The first-order chi connectivity index (χ1) is 10.7. The SMILES string of the molecule is CC(O)c1cccc(Oc2cc(C#N)cc(C(F)(F)F)c2)c1F. The van der Waals surface area contributed by atoms with E-state index in [1.165, 1.54) is 25.1 Å². The quantitative estimate of drug-likeness (QED) is 0.842. The average molecular weight is 325 g/mol. The van der Waals surface area contributed by atoms with E-state index in [-0.39, 0.29) is 22.6 Å². The molecule has 1 atom stereocenters. The molecular formula is C16H11F4NO2. The van der Waals surface area contributed by atoms with Gasteiger partial charge in [0.2, 0.25) is 0 Å². The van der Waals surface area contributed by atoms with E-state index in [9.17, 15) is 22.7 Å². The number of aliphatic hydroxyl groups excluding tert-OH is 1. The molecule has 3 nitrogen and oxygen atoms in total. The van der Waals surface area contributed by atoms with Gasteiger partial charge in [-0.25, -0.2) is 4.39 Å². The van der Waals surface area contributed by atoms with Gasteiger partial charge in [0.15, 0.2) is 11.6 Å². The van der Waals surface area contributed by atoms with E-state index in [1.54, 1.807) is 6.07 Å². The van der Waals surface area contributed by atoms with Crippen LogP contribution in [0.1, 0.15) is 29.7 Å². The summed E-state index contributed by atoms with van der Waals surface area (Å²) in [6.07, 6.45) is -5.76. The van der Waals surface area contributed by atoms with Crippen LogP contribution in [0.5, 0.6) is 11.5 Å². The summed E-state index contributed by atoms with van der Waals surface area (Å²) in [6.45, 7) is 1.35. The Morgan fingerprint density at radius 2 is 1.91 bits per heavy atom. The fraction of sp³-hybridized carbons (Fsp3) is 0.188. The number of aliphatic hydroxyl groups is 1. The van der Waals surface area contributed by atoms with Gasteiger partial charge >= 0.3 is 6.18 Å². The van der Waals surface area contributed by atoms with Crippen LogP contribution in [0.3, 0.4) is 0 Å². The van der Waals surface area contributed by atoms with E-state index in [2.05, 4.69) is 0 Å². The highest BCUT2D eigenvalue weighted by atomic mass is 19.4. The number of rotatable bonds is 3. The number of halogens is 4. The van der Waals surface area contributed by atoms with Gasteiger partial charge in [0.05, 0.1) is 23.3 Å². The van der Waals surface area contributed by atoms with Gasteiger partial charge in [-0.1, -0.05) is 12.1 Å². The topological polar surface area (TPSA) is 53.2 Å². The molecule has 0 saturated heterocycles. The molecule has 0 amide bonds. The van der Waals surface area contributed by atoms with Crippen molar-refractivity contribution in [3.05, 3.63) is 58.9 Å². The van der Waals surface area contributed by atoms with Crippen molar-refractivity contribution in [2.45, 2.75) is 19.2 Å². The maximum atomic E-state index is 14.2. The molecule has 0 spiro atoms.